The van der Waals surface area contributed by atoms with E-state index in [0.29, 0.717) is 11.1 Å². The third kappa shape index (κ3) is 8.03. The van der Waals surface area contributed by atoms with Crippen molar-refractivity contribution in [3.8, 4) is 0 Å². The van der Waals surface area contributed by atoms with Crippen LogP contribution in [-0.2, 0) is 21.7 Å². The summed E-state index contributed by atoms with van der Waals surface area (Å²) < 4.78 is 0. The molecule has 172 valence electrons. The molecule has 0 aliphatic heterocycles. The monoisotopic (exact) mass is 484 g/mol. The van der Waals surface area contributed by atoms with Gasteiger partial charge in [0.2, 0.25) is 0 Å². The first-order valence-electron chi connectivity index (χ1n) is 9.53. The molecule has 0 saturated carbocycles. The molecule has 0 bridgehead atoms. The number of ketones is 4. The van der Waals surface area contributed by atoms with E-state index < -0.39 is 23.1 Å². The molecule has 33 heavy (non-hydrogen) atoms. The fourth-order valence-corrected chi connectivity index (χ4v) is 2.58. The maximum absolute atomic E-state index is 11.2. The number of carbonyl (C=O) groups excluding carboxylic acids is 4. The van der Waals surface area contributed by atoms with Gasteiger partial charge >= 0.3 is 0 Å². The van der Waals surface area contributed by atoms with Gasteiger partial charge in [0, 0.05) is 44.0 Å². The van der Waals surface area contributed by atoms with Gasteiger partial charge in [-0.1, -0.05) is 73.9 Å². The molecule has 0 saturated heterocycles. The van der Waals surface area contributed by atoms with E-state index in [9.17, 15) is 29.4 Å². The average Bonchev–Trinajstić information content (AvgIpc) is 2.78. The molecule has 4 rings (SSSR count). The van der Waals surface area contributed by atoms with Crippen molar-refractivity contribution in [3.63, 3.8) is 0 Å². The number of Topliss-reactive ketones (excluding diaryl/α,β-unsaturated/α-hetero) is 2. The molecule has 0 N–H and O–H groups in total. The number of benzene rings is 2. The van der Waals surface area contributed by atoms with Crippen molar-refractivity contribution in [2.24, 2.45) is 0 Å². The Balaban J connectivity index is 0.000000491. The zero-order chi connectivity index (χ0) is 24.3. The first-order chi connectivity index (χ1) is 15.2. The quantitative estimate of drug-likeness (QED) is 0.446. The Hall–Kier alpha value is -3.17. The van der Waals surface area contributed by atoms with Crippen LogP contribution in [0.5, 0.6) is 0 Å². The van der Waals surface area contributed by atoms with E-state index in [4.69, 9.17) is 10.2 Å². The van der Waals surface area contributed by atoms with Crippen LogP contribution < -0.4 is 20.4 Å². The van der Waals surface area contributed by atoms with Crippen LogP contribution in [0.15, 0.2) is 72.2 Å². The summed E-state index contributed by atoms with van der Waals surface area (Å²) in [4.78, 5) is 44.9. The van der Waals surface area contributed by atoms with Gasteiger partial charge in [0.15, 0.2) is 23.1 Å². The Morgan fingerprint density at radius 2 is 0.818 bits per heavy atom. The number of allylic oxidation sites excluding steroid dienone is 4. The molecule has 0 fully saturated rings. The largest absolute Gasteiger partial charge is 0.870 e. The van der Waals surface area contributed by atoms with E-state index in [1.807, 2.05) is 0 Å². The predicted octanol–water partition coefficient (Wildman–Crippen LogP) is -0.650. The maximum atomic E-state index is 11.2. The van der Waals surface area contributed by atoms with E-state index in [0.717, 1.165) is 12.2 Å². The second-order valence-corrected chi connectivity index (χ2v) is 6.07. The molecule has 2 aliphatic carbocycles. The van der Waals surface area contributed by atoms with Crippen molar-refractivity contribution in [1.29, 1.82) is 0 Å². The molecule has 9 heteroatoms. The number of carbonyl (C=O) groups is 4. The molecule has 0 atom stereocenters. The van der Waals surface area contributed by atoms with Gasteiger partial charge in [0.1, 0.15) is 0 Å². The molecule has 0 heterocycles. The molecule has 0 unspecified atom stereocenters. The minimum atomic E-state index is -0.733. The minimum absolute atomic E-state index is 0. The van der Waals surface area contributed by atoms with Crippen LogP contribution in [0.25, 0.3) is 0 Å². The second-order valence-electron chi connectivity index (χ2n) is 6.07. The summed E-state index contributed by atoms with van der Waals surface area (Å²) in [5.74, 6) is -3.45. The van der Waals surface area contributed by atoms with Crippen molar-refractivity contribution in [2.75, 3.05) is 13.2 Å². The molecular formula is C24H20O8Ti-4. The van der Waals surface area contributed by atoms with Crippen LogP contribution in [0, 0.1) is 0 Å². The third-order valence-corrected chi connectivity index (χ3v) is 3.85. The molecule has 0 radical (unpaired) electrons. The fraction of sp³-hybridized carbons (Fsp3) is 0.167. The summed E-state index contributed by atoms with van der Waals surface area (Å²) in [6.07, 6.45) is 1.68. The maximum Gasteiger partial charge on any atom is 0.186 e. The van der Waals surface area contributed by atoms with Gasteiger partial charge in [-0.25, -0.2) is 0 Å². The van der Waals surface area contributed by atoms with Gasteiger partial charge in [-0.2, -0.15) is 0 Å². The molecule has 8 nitrogen and oxygen atoms in total. The first-order valence-corrected chi connectivity index (χ1v) is 9.53. The van der Waals surface area contributed by atoms with Crippen molar-refractivity contribution >= 4 is 23.1 Å². The molecule has 2 aromatic rings. The van der Waals surface area contributed by atoms with E-state index in [1.54, 1.807) is 50.2 Å². The fourth-order valence-electron chi connectivity index (χ4n) is 2.58. The number of fused-ring (bicyclic) bond motifs is 2. The third-order valence-electron chi connectivity index (χ3n) is 3.85. The Labute approximate surface area is 205 Å². The zero-order valence-corrected chi connectivity index (χ0v) is 19.5. The zero-order valence-electron chi connectivity index (χ0n) is 18.0. The van der Waals surface area contributed by atoms with E-state index in [1.165, 1.54) is 12.1 Å². The van der Waals surface area contributed by atoms with Crippen LogP contribution in [0.4, 0.5) is 0 Å². The van der Waals surface area contributed by atoms with Crippen molar-refractivity contribution in [1.82, 2.24) is 0 Å². The van der Waals surface area contributed by atoms with Gasteiger partial charge in [-0.3, -0.25) is 19.2 Å². The summed E-state index contributed by atoms with van der Waals surface area (Å²) in [6, 6.07) is 12.6. The summed E-state index contributed by atoms with van der Waals surface area (Å²) in [5, 5.41) is 39.7. The second kappa shape index (κ2) is 14.8. The van der Waals surface area contributed by atoms with E-state index >= 15 is 0 Å². The van der Waals surface area contributed by atoms with Crippen molar-refractivity contribution in [2.45, 2.75) is 13.8 Å². The van der Waals surface area contributed by atoms with E-state index in [-0.39, 0.29) is 57.6 Å². The van der Waals surface area contributed by atoms with Crippen molar-refractivity contribution in [3.05, 3.63) is 94.5 Å². The first kappa shape index (κ1) is 29.8. The van der Waals surface area contributed by atoms with Gasteiger partial charge in [-0.05, 0) is 12.2 Å². The SMILES string of the molecule is CC[O-].CC[O-].O=C1C=C([O-])C(=O)c2ccccc21.O=C1C=C([O-])C(=O)c2ccccc21.[Ti]. The average molecular weight is 484 g/mol. The molecule has 0 aromatic heterocycles. The van der Waals surface area contributed by atoms with Gasteiger partial charge in [-0.15, -0.1) is 13.2 Å². The number of hydrogen-bond acceptors (Lipinski definition) is 8. The summed E-state index contributed by atoms with van der Waals surface area (Å²) in [6.45, 7) is 3.14. The Kier molecular flexibility index (Phi) is 13.4. The number of rotatable bonds is 0. The molecule has 2 aromatic carbocycles. The summed E-state index contributed by atoms with van der Waals surface area (Å²) in [5.41, 5.74) is 1.04. The number of hydrogen-bond donors (Lipinski definition) is 0. The van der Waals surface area contributed by atoms with E-state index in [2.05, 4.69) is 0 Å². The van der Waals surface area contributed by atoms with Gasteiger partial charge in [0.05, 0.1) is 0 Å². The van der Waals surface area contributed by atoms with Crippen LogP contribution >= 0.6 is 0 Å². The van der Waals surface area contributed by atoms with Gasteiger partial charge < -0.3 is 20.4 Å². The molecule has 2 aliphatic rings. The molecule has 0 amide bonds. The topological polar surface area (TPSA) is 161 Å². The standard InChI is InChI=1S/2C10H6O3.2C2H5O.Ti/c2*11-8-5-9(12)10(13)7-4-2-1-3-6(7)8;2*1-2-3;/h2*1-5,12H;2*2H2,1H3;/q;;2*-1;/p-2. The Morgan fingerprint density at radius 3 is 1.09 bits per heavy atom. The predicted molar refractivity (Wildman–Crippen MR) is 107 cm³/mol. The van der Waals surface area contributed by atoms with Crippen LogP contribution in [0.2, 0.25) is 0 Å². The Bertz CT molecular complexity index is 984. The summed E-state index contributed by atoms with van der Waals surface area (Å²) >= 11 is 0. The molecule has 0 spiro atoms. The van der Waals surface area contributed by atoms with Crippen molar-refractivity contribution < 1.29 is 61.3 Å². The van der Waals surface area contributed by atoms with Crippen LogP contribution in [-0.4, -0.2) is 36.3 Å². The molecular weight excluding hydrogens is 464 g/mol. The Morgan fingerprint density at radius 1 is 0.576 bits per heavy atom. The van der Waals surface area contributed by atoms with Crippen LogP contribution in [0.3, 0.4) is 0 Å². The van der Waals surface area contributed by atoms with Crippen LogP contribution in [0.1, 0.15) is 55.3 Å². The smallest absolute Gasteiger partial charge is 0.186 e. The normalized spacial score (nSPS) is 13.1. The van der Waals surface area contributed by atoms with Gasteiger partial charge in [0.25, 0.3) is 0 Å². The minimum Gasteiger partial charge on any atom is -0.870 e. The summed E-state index contributed by atoms with van der Waals surface area (Å²) in [7, 11) is 0.